The molecule has 0 spiro atoms. The van der Waals surface area contributed by atoms with Crippen LogP contribution in [0.1, 0.15) is 37.3 Å². The van der Waals surface area contributed by atoms with E-state index in [9.17, 15) is 8.78 Å². The molecular formula is C14H20F2N2. The fourth-order valence-electron chi connectivity index (χ4n) is 2.14. The second-order valence-corrected chi connectivity index (χ2v) is 5.00. The van der Waals surface area contributed by atoms with E-state index < -0.39 is 11.6 Å². The molecule has 0 radical (unpaired) electrons. The Labute approximate surface area is 107 Å². The lowest BCUT2D eigenvalue weighted by molar-refractivity contribution is 0.489. The molecule has 4 heteroatoms. The number of benzene rings is 1. The summed E-state index contributed by atoms with van der Waals surface area (Å²) in [6.45, 7) is 1.26. The summed E-state index contributed by atoms with van der Waals surface area (Å²) in [5.74, 6) is -0.708. The van der Waals surface area contributed by atoms with Crippen molar-refractivity contribution in [2.24, 2.45) is 11.7 Å². The van der Waals surface area contributed by atoms with Gasteiger partial charge in [-0.25, -0.2) is 8.78 Å². The summed E-state index contributed by atoms with van der Waals surface area (Å²) in [6, 6.07) is 3.86. The minimum Gasteiger partial charge on any atom is -0.329 e. The predicted molar refractivity (Wildman–Crippen MR) is 68.1 cm³/mol. The summed E-state index contributed by atoms with van der Waals surface area (Å²) < 4.78 is 26.0. The van der Waals surface area contributed by atoms with Crippen molar-refractivity contribution in [3.05, 3.63) is 35.4 Å². The van der Waals surface area contributed by atoms with Gasteiger partial charge < -0.3 is 11.1 Å². The lowest BCUT2D eigenvalue weighted by Crippen LogP contribution is -2.29. The number of halogens is 2. The molecule has 2 nitrogen and oxygen atoms in total. The zero-order chi connectivity index (χ0) is 13.0. The molecule has 0 bridgehead atoms. The lowest BCUT2D eigenvalue weighted by atomic mass is 10.1. The van der Waals surface area contributed by atoms with Crippen molar-refractivity contribution in [2.75, 3.05) is 13.1 Å². The van der Waals surface area contributed by atoms with Crippen LogP contribution in [0.15, 0.2) is 18.2 Å². The van der Waals surface area contributed by atoms with E-state index in [0.717, 1.165) is 24.9 Å². The highest BCUT2D eigenvalue weighted by atomic mass is 19.2. The van der Waals surface area contributed by atoms with Crippen molar-refractivity contribution in [1.29, 1.82) is 0 Å². The molecule has 1 saturated carbocycles. The van der Waals surface area contributed by atoms with Crippen LogP contribution in [0.2, 0.25) is 0 Å². The van der Waals surface area contributed by atoms with E-state index in [4.69, 9.17) is 5.73 Å². The average Bonchev–Trinajstić information content (AvgIpc) is 3.17. The van der Waals surface area contributed by atoms with Crippen LogP contribution in [-0.2, 0) is 0 Å². The van der Waals surface area contributed by atoms with Gasteiger partial charge in [0.05, 0.1) is 0 Å². The van der Waals surface area contributed by atoms with Crippen LogP contribution in [0.4, 0.5) is 8.78 Å². The maximum atomic E-state index is 13.1. The maximum Gasteiger partial charge on any atom is 0.159 e. The molecule has 1 aliphatic carbocycles. The van der Waals surface area contributed by atoms with E-state index in [1.54, 1.807) is 6.07 Å². The summed E-state index contributed by atoms with van der Waals surface area (Å²) in [4.78, 5) is 0. The Bertz CT molecular complexity index is 391. The van der Waals surface area contributed by atoms with Crippen molar-refractivity contribution in [3.63, 3.8) is 0 Å². The van der Waals surface area contributed by atoms with Crippen LogP contribution in [0.25, 0.3) is 0 Å². The molecule has 1 aromatic rings. The number of nitrogens with one attached hydrogen (secondary N) is 1. The highest BCUT2D eigenvalue weighted by Gasteiger charge is 2.20. The number of nitrogens with two attached hydrogens (primary N) is 1. The molecule has 0 aromatic heterocycles. The number of rotatable bonds is 7. The van der Waals surface area contributed by atoms with Crippen molar-refractivity contribution in [3.8, 4) is 0 Å². The molecule has 0 saturated heterocycles. The predicted octanol–water partition coefficient (Wildman–Crippen LogP) is 2.74. The van der Waals surface area contributed by atoms with Gasteiger partial charge in [0, 0.05) is 12.6 Å². The molecule has 0 heterocycles. The Morgan fingerprint density at radius 1 is 1.28 bits per heavy atom. The summed E-state index contributed by atoms with van der Waals surface area (Å²) >= 11 is 0. The molecule has 100 valence electrons. The fourth-order valence-corrected chi connectivity index (χ4v) is 2.14. The first-order chi connectivity index (χ1) is 8.70. The van der Waals surface area contributed by atoms with Crippen molar-refractivity contribution >= 4 is 0 Å². The van der Waals surface area contributed by atoms with E-state index in [1.807, 2.05) is 0 Å². The van der Waals surface area contributed by atoms with Crippen LogP contribution in [0.3, 0.4) is 0 Å². The van der Waals surface area contributed by atoms with E-state index in [2.05, 4.69) is 5.32 Å². The largest absolute Gasteiger partial charge is 0.329 e. The van der Waals surface area contributed by atoms with Gasteiger partial charge >= 0.3 is 0 Å². The normalized spacial score (nSPS) is 16.8. The quantitative estimate of drug-likeness (QED) is 0.734. The molecule has 1 atom stereocenters. The van der Waals surface area contributed by atoms with Gasteiger partial charge in [0.15, 0.2) is 11.6 Å². The first kappa shape index (κ1) is 13.4. The minimum absolute atomic E-state index is 0.0979. The molecule has 1 unspecified atom stereocenters. The average molecular weight is 254 g/mol. The molecule has 1 aliphatic rings. The Balaban J connectivity index is 1.83. The lowest BCUT2D eigenvalue weighted by Gasteiger charge is -2.17. The Morgan fingerprint density at radius 3 is 2.67 bits per heavy atom. The van der Waals surface area contributed by atoms with Crippen LogP contribution in [0.5, 0.6) is 0 Å². The Hall–Kier alpha value is -1.00. The molecule has 2 rings (SSSR count). The SMILES string of the molecule is NCC(NCCCC1CC1)c1ccc(F)c(F)c1. The van der Waals surface area contributed by atoms with Gasteiger partial charge in [-0.1, -0.05) is 18.9 Å². The van der Waals surface area contributed by atoms with E-state index in [1.165, 1.54) is 25.3 Å². The van der Waals surface area contributed by atoms with Gasteiger partial charge in [-0.05, 0) is 43.0 Å². The Kier molecular flexibility index (Phi) is 4.66. The maximum absolute atomic E-state index is 13.1. The van der Waals surface area contributed by atoms with E-state index in [-0.39, 0.29) is 6.04 Å². The van der Waals surface area contributed by atoms with E-state index >= 15 is 0 Å². The van der Waals surface area contributed by atoms with Gasteiger partial charge in [-0.15, -0.1) is 0 Å². The summed E-state index contributed by atoms with van der Waals surface area (Å²) in [5.41, 5.74) is 6.38. The minimum atomic E-state index is -0.816. The highest BCUT2D eigenvalue weighted by molar-refractivity contribution is 5.21. The summed E-state index contributed by atoms with van der Waals surface area (Å²) in [5, 5.41) is 3.30. The first-order valence-corrected chi connectivity index (χ1v) is 6.59. The van der Waals surface area contributed by atoms with E-state index in [0.29, 0.717) is 12.1 Å². The van der Waals surface area contributed by atoms with Gasteiger partial charge in [0.1, 0.15) is 0 Å². The zero-order valence-corrected chi connectivity index (χ0v) is 10.5. The molecule has 18 heavy (non-hydrogen) atoms. The Morgan fingerprint density at radius 2 is 2.06 bits per heavy atom. The summed E-state index contributed by atoms with van der Waals surface area (Å²) in [6.07, 6.45) is 5.10. The van der Waals surface area contributed by atoms with Crippen molar-refractivity contribution in [2.45, 2.75) is 31.7 Å². The van der Waals surface area contributed by atoms with Crippen molar-refractivity contribution < 1.29 is 8.78 Å². The van der Waals surface area contributed by atoms with Gasteiger partial charge in [-0.2, -0.15) is 0 Å². The van der Waals surface area contributed by atoms with Crippen LogP contribution < -0.4 is 11.1 Å². The highest BCUT2D eigenvalue weighted by Crippen LogP contribution is 2.33. The molecule has 0 amide bonds. The molecule has 1 aromatic carbocycles. The second-order valence-electron chi connectivity index (χ2n) is 5.00. The summed E-state index contributed by atoms with van der Waals surface area (Å²) in [7, 11) is 0. The standard InChI is InChI=1S/C14H20F2N2/c15-12-6-5-11(8-13(12)16)14(9-17)18-7-1-2-10-3-4-10/h5-6,8,10,14,18H,1-4,7,9,17H2. The van der Waals surface area contributed by atoms with Gasteiger partial charge in [0.25, 0.3) is 0 Å². The third-order valence-electron chi connectivity index (χ3n) is 3.46. The van der Waals surface area contributed by atoms with Crippen LogP contribution in [0, 0.1) is 17.6 Å². The molecule has 1 fully saturated rings. The molecular weight excluding hydrogens is 234 g/mol. The van der Waals surface area contributed by atoms with Crippen molar-refractivity contribution in [1.82, 2.24) is 5.32 Å². The molecule has 3 N–H and O–H groups in total. The van der Waals surface area contributed by atoms with Crippen LogP contribution >= 0.6 is 0 Å². The first-order valence-electron chi connectivity index (χ1n) is 6.59. The number of hydrogen-bond acceptors (Lipinski definition) is 2. The monoisotopic (exact) mass is 254 g/mol. The third-order valence-corrected chi connectivity index (χ3v) is 3.46. The van der Waals surface area contributed by atoms with Crippen LogP contribution in [-0.4, -0.2) is 13.1 Å². The fraction of sp³-hybridized carbons (Fsp3) is 0.571. The third kappa shape index (κ3) is 3.75. The zero-order valence-electron chi connectivity index (χ0n) is 10.5. The van der Waals surface area contributed by atoms with Gasteiger partial charge in [-0.3, -0.25) is 0 Å². The smallest absolute Gasteiger partial charge is 0.159 e. The van der Waals surface area contributed by atoms with Gasteiger partial charge in [0.2, 0.25) is 0 Å². The number of hydrogen-bond donors (Lipinski definition) is 2. The topological polar surface area (TPSA) is 38.0 Å². The second kappa shape index (κ2) is 6.25. The molecule has 0 aliphatic heterocycles.